The van der Waals surface area contributed by atoms with Gasteiger partial charge < -0.3 is 4.57 Å². The molecule has 0 unspecified atom stereocenters. The lowest BCUT2D eigenvalue weighted by Crippen LogP contribution is -2.06. The quantitative estimate of drug-likeness (QED) is 0.158. The average molecular weight is 790 g/mol. The van der Waals surface area contributed by atoms with Crippen molar-refractivity contribution in [2.24, 2.45) is 0 Å². The average Bonchev–Trinajstić information content (AvgIpc) is 3.87. The third-order valence-corrected chi connectivity index (χ3v) is 12.5. The molecule has 0 saturated heterocycles. The van der Waals surface area contributed by atoms with Gasteiger partial charge in [-0.25, -0.2) is 4.98 Å². The minimum absolute atomic E-state index is 0.585. The summed E-state index contributed by atoms with van der Waals surface area (Å²) in [7, 11) is 0. The highest BCUT2D eigenvalue weighted by Crippen LogP contribution is 2.46. The summed E-state index contributed by atoms with van der Waals surface area (Å²) in [5.41, 5.74) is 12.2. The lowest BCUT2D eigenvalue weighted by molar-refractivity contribution is 0.954. The van der Waals surface area contributed by atoms with E-state index in [1.807, 2.05) is 24.3 Å². The first-order valence-electron chi connectivity index (χ1n) is 21.0. The van der Waals surface area contributed by atoms with Crippen LogP contribution >= 0.6 is 0 Å². The Bertz CT molecular complexity index is 3830. The van der Waals surface area contributed by atoms with Crippen molar-refractivity contribution in [2.75, 3.05) is 0 Å². The number of para-hydroxylation sites is 1. The standard InChI is InChI=1S/C57H35N5/c1-4-15-36(16-5-1)38-29-31-40(32-30-38)56-58-55(39-19-8-3-9-20-39)59-57(60-56)62-50-27-13-24-44-46-34-48-43-23-10-11-26-49(43)61(42-22-12-21-41(33-42)37-17-6-2-7-18-37)52(48)35-47(46)45-25-14-28-51(62)54(45)53(44)50/h1-35H. The molecule has 0 aliphatic heterocycles. The maximum Gasteiger partial charge on any atom is 0.238 e. The van der Waals surface area contributed by atoms with E-state index in [-0.39, 0.29) is 0 Å². The van der Waals surface area contributed by atoms with Crippen LogP contribution in [0.5, 0.6) is 0 Å². The summed E-state index contributed by atoms with van der Waals surface area (Å²) < 4.78 is 4.67. The largest absolute Gasteiger partial charge is 0.309 e. The van der Waals surface area contributed by atoms with Gasteiger partial charge in [-0.05, 0) is 86.3 Å². The van der Waals surface area contributed by atoms with E-state index in [9.17, 15) is 0 Å². The van der Waals surface area contributed by atoms with Gasteiger partial charge >= 0.3 is 0 Å². The summed E-state index contributed by atoms with van der Waals surface area (Å²) in [4.78, 5) is 15.6. The van der Waals surface area contributed by atoms with Crippen molar-refractivity contribution in [3.8, 4) is 56.7 Å². The van der Waals surface area contributed by atoms with E-state index in [1.54, 1.807) is 0 Å². The Hall–Kier alpha value is -8.41. The predicted octanol–water partition coefficient (Wildman–Crippen LogP) is 14.5. The zero-order valence-corrected chi connectivity index (χ0v) is 33.4. The van der Waals surface area contributed by atoms with Crippen LogP contribution in [-0.4, -0.2) is 24.1 Å². The van der Waals surface area contributed by atoms with Gasteiger partial charge in [-0.3, -0.25) is 4.57 Å². The Kier molecular flexibility index (Phi) is 7.54. The van der Waals surface area contributed by atoms with E-state index < -0.39 is 0 Å². The lowest BCUT2D eigenvalue weighted by atomic mass is 9.93. The third kappa shape index (κ3) is 5.25. The topological polar surface area (TPSA) is 48.5 Å². The molecule has 3 heterocycles. The highest BCUT2D eigenvalue weighted by atomic mass is 15.2. The molecule has 62 heavy (non-hydrogen) atoms. The Morgan fingerprint density at radius 1 is 0.258 bits per heavy atom. The molecule has 0 aliphatic rings. The summed E-state index contributed by atoms with van der Waals surface area (Å²) >= 11 is 0. The number of rotatable bonds is 6. The fourth-order valence-electron chi connectivity index (χ4n) is 9.72. The van der Waals surface area contributed by atoms with Gasteiger partial charge in [0.2, 0.25) is 5.95 Å². The first kappa shape index (κ1) is 34.5. The molecular weight excluding hydrogens is 755 g/mol. The third-order valence-electron chi connectivity index (χ3n) is 12.5. The van der Waals surface area contributed by atoms with E-state index >= 15 is 0 Å². The molecule has 0 amide bonds. The Morgan fingerprint density at radius 2 is 0.726 bits per heavy atom. The second kappa shape index (κ2) is 13.6. The molecule has 0 spiro atoms. The van der Waals surface area contributed by atoms with E-state index in [0.717, 1.165) is 33.4 Å². The fraction of sp³-hybridized carbons (Fsp3) is 0. The van der Waals surface area contributed by atoms with Gasteiger partial charge in [-0.2, -0.15) is 9.97 Å². The summed E-state index contributed by atoms with van der Waals surface area (Å²) in [6, 6.07) is 75.6. The minimum Gasteiger partial charge on any atom is -0.309 e. The number of hydrogen-bond acceptors (Lipinski definition) is 3. The molecule has 5 heteroatoms. The van der Waals surface area contributed by atoms with Crippen LogP contribution in [0.3, 0.4) is 0 Å². The molecule has 0 saturated carbocycles. The second-order valence-corrected chi connectivity index (χ2v) is 16.0. The van der Waals surface area contributed by atoms with Gasteiger partial charge in [0, 0.05) is 38.4 Å². The lowest BCUT2D eigenvalue weighted by Gasteiger charge is -2.12. The molecule has 10 aromatic carbocycles. The van der Waals surface area contributed by atoms with Gasteiger partial charge in [-0.15, -0.1) is 0 Å². The Morgan fingerprint density at radius 3 is 1.39 bits per heavy atom. The first-order chi connectivity index (χ1) is 30.7. The van der Waals surface area contributed by atoms with Crippen LogP contribution < -0.4 is 0 Å². The maximum atomic E-state index is 5.29. The van der Waals surface area contributed by atoms with Crippen LogP contribution in [0.15, 0.2) is 212 Å². The Balaban J connectivity index is 1.06. The van der Waals surface area contributed by atoms with Crippen LogP contribution in [-0.2, 0) is 0 Å². The predicted molar refractivity (Wildman–Crippen MR) is 256 cm³/mol. The summed E-state index contributed by atoms with van der Waals surface area (Å²) in [6.07, 6.45) is 0. The smallest absolute Gasteiger partial charge is 0.238 e. The molecule has 0 aliphatic carbocycles. The summed E-state index contributed by atoms with van der Waals surface area (Å²) in [5, 5.41) is 9.71. The number of nitrogens with zero attached hydrogens (tertiary/aromatic N) is 5. The van der Waals surface area contributed by atoms with Gasteiger partial charge in [0.1, 0.15) is 0 Å². The number of fused-ring (bicyclic) bond motifs is 6. The summed E-state index contributed by atoms with van der Waals surface area (Å²) in [5.74, 6) is 1.84. The van der Waals surface area contributed by atoms with E-state index in [1.165, 1.54) is 70.8 Å². The van der Waals surface area contributed by atoms with E-state index in [2.05, 4.69) is 197 Å². The van der Waals surface area contributed by atoms with Gasteiger partial charge in [0.15, 0.2) is 11.6 Å². The Labute approximate surface area is 356 Å². The van der Waals surface area contributed by atoms with Crippen molar-refractivity contribution in [2.45, 2.75) is 0 Å². The molecular formula is C57H35N5. The molecule has 0 N–H and O–H groups in total. The van der Waals surface area contributed by atoms with Crippen LogP contribution in [0.25, 0.3) is 122 Å². The van der Waals surface area contributed by atoms with Crippen molar-refractivity contribution >= 4 is 65.2 Å². The normalized spacial score (nSPS) is 11.9. The van der Waals surface area contributed by atoms with Crippen molar-refractivity contribution in [3.63, 3.8) is 0 Å². The minimum atomic E-state index is 0.585. The molecule has 5 nitrogen and oxygen atoms in total. The molecule has 0 radical (unpaired) electrons. The zero-order valence-electron chi connectivity index (χ0n) is 33.4. The maximum absolute atomic E-state index is 5.29. The van der Waals surface area contributed by atoms with Crippen LogP contribution in [0.1, 0.15) is 0 Å². The van der Waals surface area contributed by atoms with Gasteiger partial charge in [-0.1, -0.05) is 170 Å². The van der Waals surface area contributed by atoms with Crippen LogP contribution in [0.4, 0.5) is 0 Å². The fourth-order valence-corrected chi connectivity index (χ4v) is 9.72. The van der Waals surface area contributed by atoms with Crippen LogP contribution in [0.2, 0.25) is 0 Å². The van der Waals surface area contributed by atoms with Gasteiger partial charge in [0.05, 0.1) is 22.1 Å². The van der Waals surface area contributed by atoms with Crippen molar-refractivity contribution in [1.82, 2.24) is 24.1 Å². The highest BCUT2D eigenvalue weighted by molar-refractivity contribution is 6.36. The molecule has 13 aromatic rings. The molecule has 288 valence electrons. The number of benzene rings is 10. The second-order valence-electron chi connectivity index (χ2n) is 16.0. The van der Waals surface area contributed by atoms with Crippen molar-refractivity contribution in [1.29, 1.82) is 0 Å². The SMILES string of the molecule is c1ccc(-c2ccc(-c3nc(-c4ccccc4)nc(-n4c5cccc6c7cc8c9ccccc9n(-c9cccc(-c%10ccccc%10)c9)c8cc7c7cccc4c7c65)n3)cc2)cc1. The molecule has 0 fully saturated rings. The van der Waals surface area contributed by atoms with Crippen molar-refractivity contribution < 1.29 is 0 Å². The molecule has 0 atom stereocenters. The monoisotopic (exact) mass is 789 g/mol. The van der Waals surface area contributed by atoms with Crippen molar-refractivity contribution in [3.05, 3.63) is 212 Å². The summed E-state index contributed by atoms with van der Waals surface area (Å²) in [6.45, 7) is 0. The van der Waals surface area contributed by atoms with Crippen LogP contribution in [0, 0.1) is 0 Å². The molecule has 13 rings (SSSR count). The zero-order chi connectivity index (χ0) is 40.7. The molecule has 0 bridgehead atoms. The number of aromatic nitrogens is 5. The van der Waals surface area contributed by atoms with E-state index in [4.69, 9.17) is 15.0 Å². The highest BCUT2D eigenvalue weighted by Gasteiger charge is 2.24. The first-order valence-corrected chi connectivity index (χ1v) is 21.0. The van der Waals surface area contributed by atoms with Gasteiger partial charge in [0.25, 0.3) is 0 Å². The molecule has 3 aromatic heterocycles. The number of hydrogen-bond donors (Lipinski definition) is 0. The van der Waals surface area contributed by atoms with E-state index in [0.29, 0.717) is 17.6 Å².